The molecule has 1 unspecified atom stereocenters. The Morgan fingerprint density at radius 1 is 1.47 bits per heavy atom. The highest BCUT2D eigenvalue weighted by Crippen LogP contribution is 2.23. The van der Waals surface area contributed by atoms with E-state index in [9.17, 15) is 9.90 Å². The zero-order valence-corrected chi connectivity index (χ0v) is 10.2. The number of phenolic OH excluding ortho intramolecular Hbond substituents is 2. The lowest BCUT2D eigenvalue weighted by Gasteiger charge is -2.24. The molecule has 1 atom stereocenters. The number of phenols is 2. The molecule has 1 amide bonds. The lowest BCUT2D eigenvalue weighted by Crippen LogP contribution is -2.37. The Labute approximate surface area is 100 Å². The quantitative estimate of drug-likeness (QED) is 0.828. The smallest absolute Gasteiger partial charge is 0.257 e. The first-order valence-corrected chi connectivity index (χ1v) is 5.25. The van der Waals surface area contributed by atoms with E-state index in [1.165, 1.54) is 17.0 Å². The van der Waals surface area contributed by atoms with Crippen molar-refractivity contribution in [3.8, 4) is 11.5 Å². The van der Waals surface area contributed by atoms with Gasteiger partial charge in [-0.15, -0.1) is 0 Å². The summed E-state index contributed by atoms with van der Waals surface area (Å²) in [4.78, 5) is 13.5. The van der Waals surface area contributed by atoms with Crippen LogP contribution in [0.4, 0.5) is 0 Å². The molecule has 0 heterocycles. The summed E-state index contributed by atoms with van der Waals surface area (Å²) in [5.41, 5.74) is 0.160. The fourth-order valence-corrected chi connectivity index (χ4v) is 1.44. The number of methoxy groups -OCH3 is 1. The van der Waals surface area contributed by atoms with E-state index >= 15 is 0 Å². The molecule has 0 fully saturated rings. The largest absolute Gasteiger partial charge is 0.508 e. The maximum Gasteiger partial charge on any atom is 0.257 e. The van der Waals surface area contributed by atoms with Gasteiger partial charge < -0.3 is 19.8 Å². The molecule has 0 radical (unpaired) electrons. The molecular weight excluding hydrogens is 222 g/mol. The Hall–Kier alpha value is -1.75. The summed E-state index contributed by atoms with van der Waals surface area (Å²) in [5.74, 6) is -0.620. The van der Waals surface area contributed by atoms with Gasteiger partial charge in [-0.2, -0.15) is 0 Å². The molecule has 17 heavy (non-hydrogen) atoms. The van der Waals surface area contributed by atoms with E-state index < -0.39 is 0 Å². The van der Waals surface area contributed by atoms with Crippen molar-refractivity contribution in [1.82, 2.24) is 4.90 Å². The van der Waals surface area contributed by atoms with Gasteiger partial charge in [0.1, 0.15) is 11.5 Å². The predicted octanol–water partition coefficient (Wildman–Crippen LogP) is 1.20. The number of carbonyl (C=O) groups excluding carboxylic acids is 1. The molecule has 0 bridgehead atoms. The maximum atomic E-state index is 12.0. The Balaban J connectivity index is 2.88. The molecule has 5 nitrogen and oxygen atoms in total. The summed E-state index contributed by atoms with van der Waals surface area (Å²) < 4.78 is 4.96. The monoisotopic (exact) mass is 239 g/mol. The van der Waals surface area contributed by atoms with Crippen LogP contribution in [0, 0.1) is 0 Å². The van der Waals surface area contributed by atoms with Crippen molar-refractivity contribution in [2.75, 3.05) is 20.8 Å². The molecule has 0 spiro atoms. The summed E-state index contributed by atoms with van der Waals surface area (Å²) in [7, 11) is 3.20. The van der Waals surface area contributed by atoms with Crippen LogP contribution in [0.5, 0.6) is 11.5 Å². The third-order valence-corrected chi connectivity index (χ3v) is 2.60. The van der Waals surface area contributed by atoms with Gasteiger partial charge in [-0.05, 0) is 19.1 Å². The van der Waals surface area contributed by atoms with Gasteiger partial charge in [0.2, 0.25) is 0 Å². The molecule has 1 rings (SSSR count). The summed E-state index contributed by atoms with van der Waals surface area (Å²) in [6, 6.07) is 3.80. The van der Waals surface area contributed by atoms with E-state index in [1.54, 1.807) is 14.2 Å². The second-order valence-corrected chi connectivity index (χ2v) is 3.92. The summed E-state index contributed by atoms with van der Waals surface area (Å²) in [5, 5.41) is 18.7. The van der Waals surface area contributed by atoms with Gasteiger partial charge in [-0.3, -0.25) is 4.79 Å². The van der Waals surface area contributed by atoms with Crippen molar-refractivity contribution in [2.24, 2.45) is 0 Å². The summed E-state index contributed by atoms with van der Waals surface area (Å²) in [6.07, 6.45) is 0. The summed E-state index contributed by atoms with van der Waals surface area (Å²) >= 11 is 0. The van der Waals surface area contributed by atoms with Crippen LogP contribution in [0.1, 0.15) is 17.3 Å². The molecular formula is C12H17NO4. The average Bonchev–Trinajstić information content (AvgIpc) is 2.27. The van der Waals surface area contributed by atoms with Gasteiger partial charge in [0.25, 0.3) is 5.91 Å². The topological polar surface area (TPSA) is 70.0 Å². The lowest BCUT2D eigenvalue weighted by atomic mass is 10.1. The van der Waals surface area contributed by atoms with E-state index in [1.807, 2.05) is 6.92 Å². The van der Waals surface area contributed by atoms with Gasteiger partial charge in [0, 0.05) is 20.2 Å². The molecule has 0 saturated carbocycles. The second-order valence-electron chi connectivity index (χ2n) is 3.92. The van der Waals surface area contributed by atoms with E-state index in [4.69, 9.17) is 9.84 Å². The van der Waals surface area contributed by atoms with Gasteiger partial charge in [-0.25, -0.2) is 0 Å². The highest BCUT2D eigenvalue weighted by Gasteiger charge is 2.20. The Kier molecular flexibility index (Phi) is 4.34. The van der Waals surface area contributed by atoms with Crippen molar-refractivity contribution in [1.29, 1.82) is 0 Å². The number of nitrogens with zero attached hydrogens (tertiary/aromatic N) is 1. The van der Waals surface area contributed by atoms with Gasteiger partial charge >= 0.3 is 0 Å². The number of benzene rings is 1. The van der Waals surface area contributed by atoms with Gasteiger partial charge in [-0.1, -0.05) is 0 Å². The lowest BCUT2D eigenvalue weighted by molar-refractivity contribution is 0.0631. The summed E-state index contributed by atoms with van der Waals surface area (Å²) in [6.45, 7) is 2.26. The third kappa shape index (κ3) is 3.10. The van der Waals surface area contributed by atoms with Gasteiger partial charge in [0.05, 0.1) is 18.2 Å². The van der Waals surface area contributed by atoms with Crippen molar-refractivity contribution in [3.63, 3.8) is 0 Å². The number of amides is 1. The van der Waals surface area contributed by atoms with E-state index in [0.717, 1.165) is 6.07 Å². The fraction of sp³-hybridized carbons (Fsp3) is 0.417. The Bertz CT molecular complexity index is 405. The van der Waals surface area contributed by atoms with E-state index in [0.29, 0.717) is 6.61 Å². The maximum absolute atomic E-state index is 12.0. The molecule has 1 aromatic carbocycles. The van der Waals surface area contributed by atoms with Crippen LogP contribution in [0.15, 0.2) is 18.2 Å². The van der Waals surface area contributed by atoms with Crippen molar-refractivity contribution < 1.29 is 19.7 Å². The second kappa shape index (κ2) is 5.54. The zero-order chi connectivity index (χ0) is 13.0. The number of ether oxygens (including phenoxy) is 1. The van der Waals surface area contributed by atoms with Crippen LogP contribution in [0.2, 0.25) is 0 Å². The minimum Gasteiger partial charge on any atom is -0.508 e. The van der Waals surface area contributed by atoms with Crippen LogP contribution in [-0.2, 0) is 4.74 Å². The van der Waals surface area contributed by atoms with E-state index in [-0.39, 0.29) is 29.0 Å². The fourth-order valence-electron chi connectivity index (χ4n) is 1.44. The first-order chi connectivity index (χ1) is 7.97. The molecule has 0 saturated heterocycles. The number of hydrogen-bond donors (Lipinski definition) is 2. The van der Waals surface area contributed by atoms with Gasteiger partial charge in [0.15, 0.2) is 0 Å². The predicted molar refractivity (Wildman–Crippen MR) is 63.2 cm³/mol. The molecule has 94 valence electrons. The highest BCUT2D eigenvalue weighted by atomic mass is 16.5. The third-order valence-electron chi connectivity index (χ3n) is 2.60. The van der Waals surface area contributed by atoms with Crippen LogP contribution in [-0.4, -0.2) is 47.8 Å². The minimum atomic E-state index is -0.313. The number of likely N-dealkylation sites (N-methyl/N-ethyl adjacent to an activating group) is 1. The zero-order valence-electron chi connectivity index (χ0n) is 10.2. The SMILES string of the molecule is COCC(C)N(C)C(=O)c1ccc(O)cc1O. The van der Waals surface area contributed by atoms with E-state index in [2.05, 4.69) is 0 Å². The molecule has 0 aromatic heterocycles. The molecule has 0 aliphatic carbocycles. The van der Waals surface area contributed by atoms with Crippen LogP contribution < -0.4 is 0 Å². The Morgan fingerprint density at radius 3 is 2.65 bits per heavy atom. The number of rotatable bonds is 4. The molecule has 0 aliphatic rings. The van der Waals surface area contributed by atoms with Crippen molar-refractivity contribution in [3.05, 3.63) is 23.8 Å². The van der Waals surface area contributed by atoms with Crippen molar-refractivity contribution >= 4 is 5.91 Å². The molecule has 2 N–H and O–H groups in total. The standard InChI is InChI=1S/C12H17NO4/c1-8(7-17-3)13(2)12(16)10-5-4-9(14)6-11(10)15/h4-6,8,14-15H,7H2,1-3H3. The Morgan fingerprint density at radius 2 is 2.12 bits per heavy atom. The van der Waals surface area contributed by atoms with Crippen LogP contribution in [0.3, 0.4) is 0 Å². The highest BCUT2D eigenvalue weighted by molar-refractivity contribution is 5.97. The number of aromatic hydroxyl groups is 2. The normalized spacial score (nSPS) is 12.2. The first-order valence-electron chi connectivity index (χ1n) is 5.25. The number of hydrogen-bond acceptors (Lipinski definition) is 4. The van der Waals surface area contributed by atoms with Crippen molar-refractivity contribution in [2.45, 2.75) is 13.0 Å². The first kappa shape index (κ1) is 13.3. The minimum absolute atomic E-state index is 0.0772. The van der Waals surface area contributed by atoms with Crippen LogP contribution in [0.25, 0.3) is 0 Å². The molecule has 5 heteroatoms. The van der Waals surface area contributed by atoms with Crippen LogP contribution >= 0.6 is 0 Å². The molecule has 0 aliphatic heterocycles. The average molecular weight is 239 g/mol. The molecule has 1 aromatic rings. The number of carbonyl (C=O) groups is 1.